The van der Waals surface area contributed by atoms with Gasteiger partial charge in [-0.05, 0) is 25.1 Å². The third-order valence-electron chi connectivity index (χ3n) is 2.58. The van der Waals surface area contributed by atoms with Gasteiger partial charge < -0.3 is 9.52 Å². The fourth-order valence-electron chi connectivity index (χ4n) is 1.49. The van der Waals surface area contributed by atoms with Gasteiger partial charge in [-0.25, -0.2) is 9.37 Å². The topological polar surface area (TPSA) is 75.4 Å². The van der Waals surface area contributed by atoms with E-state index in [2.05, 4.69) is 10.3 Å². The number of aliphatic carboxylic acids is 1. The molecule has 0 spiro atoms. The molecule has 0 aliphatic carbocycles. The van der Waals surface area contributed by atoms with Crippen LogP contribution >= 0.6 is 0 Å². The highest BCUT2D eigenvalue weighted by Crippen LogP contribution is 2.19. The molecular weight excluding hydrogens is 251 g/mol. The summed E-state index contributed by atoms with van der Waals surface area (Å²) in [5, 5.41) is 11.5. The molecule has 0 saturated carbocycles. The number of nitrogens with zero attached hydrogens (tertiary/aromatic N) is 1. The van der Waals surface area contributed by atoms with Crippen LogP contribution in [0.25, 0.3) is 11.5 Å². The zero-order valence-electron chi connectivity index (χ0n) is 10.3. The molecule has 1 heterocycles. The summed E-state index contributed by atoms with van der Waals surface area (Å²) in [5.74, 6) is -0.997. The molecule has 0 bridgehead atoms. The molecule has 1 aromatic carbocycles. The van der Waals surface area contributed by atoms with Crippen molar-refractivity contribution in [2.45, 2.75) is 19.5 Å². The third kappa shape index (κ3) is 3.38. The van der Waals surface area contributed by atoms with Crippen molar-refractivity contribution < 1.29 is 18.7 Å². The van der Waals surface area contributed by atoms with Crippen LogP contribution < -0.4 is 5.32 Å². The summed E-state index contributed by atoms with van der Waals surface area (Å²) in [4.78, 5) is 14.8. The molecule has 2 aromatic rings. The van der Waals surface area contributed by atoms with Crippen LogP contribution in [0.1, 0.15) is 12.6 Å². The number of hydrogen-bond donors (Lipinski definition) is 2. The molecule has 6 heteroatoms. The molecule has 19 heavy (non-hydrogen) atoms. The summed E-state index contributed by atoms with van der Waals surface area (Å²) in [5.41, 5.74) is 1.10. The van der Waals surface area contributed by atoms with Crippen LogP contribution in [0.4, 0.5) is 4.39 Å². The maximum absolute atomic E-state index is 13.1. The average Bonchev–Trinajstić information content (AvgIpc) is 2.84. The minimum Gasteiger partial charge on any atom is -0.480 e. The van der Waals surface area contributed by atoms with Gasteiger partial charge in [0, 0.05) is 12.1 Å². The summed E-state index contributed by atoms with van der Waals surface area (Å²) in [6.07, 6.45) is 1.42. The molecule has 0 radical (unpaired) electrons. The van der Waals surface area contributed by atoms with Gasteiger partial charge in [-0.3, -0.25) is 10.1 Å². The van der Waals surface area contributed by atoms with E-state index < -0.39 is 12.0 Å². The summed E-state index contributed by atoms with van der Waals surface area (Å²) < 4.78 is 18.3. The van der Waals surface area contributed by atoms with Gasteiger partial charge in [-0.2, -0.15) is 0 Å². The van der Waals surface area contributed by atoms with Crippen LogP contribution in [0.5, 0.6) is 0 Å². The van der Waals surface area contributed by atoms with E-state index in [0.717, 1.165) is 0 Å². The van der Waals surface area contributed by atoms with E-state index in [1.54, 1.807) is 12.1 Å². The Morgan fingerprint density at radius 2 is 2.37 bits per heavy atom. The summed E-state index contributed by atoms with van der Waals surface area (Å²) in [7, 11) is 0. The maximum atomic E-state index is 13.1. The minimum absolute atomic E-state index is 0.270. The standard InChI is InChI=1S/C13H13FN2O3/c1-8(13(17)18)15-6-11-7-19-12(16-11)9-3-2-4-10(14)5-9/h2-5,7-8,15H,6H2,1H3,(H,17,18)/t8-/m0/s1. The molecule has 5 nitrogen and oxygen atoms in total. The van der Waals surface area contributed by atoms with E-state index >= 15 is 0 Å². The Kier molecular flexibility index (Phi) is 3.91. The second-order valence-corrected chi connectivity index (χ2v) is 4.10. The van der Waals surface area contributed by atoms with Crippen LogP contribution in [0.2, 0.25) is 0 Å². The monoisotopic (exact) mass is 264 g/mol. The number of benzene rings is 1. The molecule has 1 atom stereocenters. The van der Waals surface area contributed by atoms with Gasteiger partial charge in [0.25, 0.3) is 0 Å². The molecule has 0 aliphatic rings. The van der Waals surface area contributed by atoms with E-state index in [1.165, 1.54) is 25.3 Å². The Morgan fingerprint density at radius 3 is 3.05 bits per heavy atom. The van der Waals surface area contributed by atoms with Crippen LogP contribution in [0, 0.1) is 5.82 Å². The average molecular weight is 264 g/mol. The van der Waals surface area contributed by atoms with Gasteiger partial charge in [0.15, 0.2) is 0 Å². The Bertz CT molecular complexity index is 583. The van der Waals surface area contributed by atoms with Gasteiger partial charge in [0.05, 0.1) is 5.69 Å². The Morgan fingerprint density at radius 1 is 1.58 bits per heavy atom. The van der Waals surface area contributed by atoms with Crippen molar-refractivity contribution in [3.05, 3.63) is 42.0 Å². The summed E-state index contributed by atoms with van der Waals surface area (Å²) >= 11 is 0. The largest absolute Gasteiger partial charge is 0.480 e. The third-order valence-corrected chi connectivity index (χ3v) is 2.58. The van der Waals surface area contributed by atoms with Crippen molar-refractivity contribution in [3.63, 3.8) is 0 Å². The van der Waals surface area contributed by atoms with Gasteiger partial charge >= 0.3 is 5.97 Å². The van der Waals surface area contributed by atoms with E-state index in [0.29, 0.717) is 17.1 Å². The molecule has 0 unspecified atom stereocenters. The number of nitrogens with one attached hydrogen (secondary N) is 1. The highest BCUT2D eigenvalue weighted by Gasteiger charge is 2.12. The molecule has 0 amide bonds. The molecule has 2 rings (SSSR count). The predicted molar refractivity (Wildman–Crippen MR) is 65.8 cm³/mol. The van der Waals surface area contributed by atoms with Crippen molar-refractivity contribution >= 4 is 5.97 Å². The SMILES string of the molecule is C[C@H](NCc1coc(-c2cccc(F)c2)n1)C(=O)O. The summed E-state index contributed by atoms with van der Waals surface area (Å²) in [6.45, 7) is 1.81. The number of rotatable bonds is 5. The van der Waals surface area contributed by atoms with Crippen LogP contribution in [-0.2, 0) is 11.3 Å². The highest BCUT2D eigenvalue weighted by molar-refractivity contribution is 5.72. The molecule has 100 valence electrons. The van der Waals surface area contributed by atoms with Crippen LogP contribution in [0.3, 0.4) is 0 Å². The normalized spacial score (nSPS) is 12.3. The van der Waals surface area contributed by atoms with E-state index in [1.807, 2.05) is 0 Å². The fraction of sp³-hybridized carbons (Fsp3) is 0.231. The zero-order valence-corrected chi connectivity index (χ0v) is 10.3. The first-order valence-electron chi connectivity index (χ1n) is 5.73. The highest BCUT2D eigenvalue weighted by atomic mass is 19.1. The first kappa shape index (κ1) is 13.2. The Labute approximate surface area is 109 Å². The minimum atomic E-state index is -0.936. The first-order valence-corrected chi connectivity index (χ1v) is 5.73. The second kappa shape index (κ2) is 5.62. The molecule has 0 fully saturated rings. The number of carboxylic acid groups (broad SMARTS) is 1. The number of aromatic nitrogens is 1. The predicted octanol–water partition coefficient (Wildman–Crippen LogP) is 2.04. The molecule has 0 aliphatic heterocycles. The number of oxazole rings is 1. The first-order chi connectivity index (χ1) is 9.06. The van der Waals surface area contributed by atoms with Crippen molar-refractivity contribution in [3.8, 4) is 11.5 Å². The van der Waals surface area contributed by atoms with Crippen LogP contribution in [0.15, 0.2) is 34.9 Å². The second-order valence-electron chi connectivity index (χ2n) is 4.10. The van der Waals surface area contributed by atoms with E-state index in [-0.39, 0.29) is 12.4 Å². The number of carboxylic acids is 1. The van der Waals surface area contributed by atoms with Gasteiger partial charge in [0.1, 0.15) is 18.1 Å². The quantitative estimate of drug-likeness (QED) is 0.864. The van der Waals surface area contributed by atoms with Crippen molar-refractivity contribution in [1.29, 1.82) is 0 Å². The Balaban J connectivity index is 2.05. The van der Waals surface area contributed by atoms with Gasteiger partial charge in [0.2, 0.25) is 5.89 Å². The van der Waals surface area contributed by atoms with Crippen molar-refractivity contribution in [2.24, 2.45) is 0 Å². The molecular formula is C13H13FN2O3. The molecule has 0 saturated heterocycles. The van der Waals surface area contributed by atoms with E-state index in [9.17, 15) is 9.18 Å². The van der Waals surface area contributed by atoms with Crippen molar-refractivity contribution in [1.82, 2.24) is 10.3 Å². The van der Waals surface area contributed by atoms with E-state index in [4.69, 9.17) is 9.52 Å². The lowest BCUT2D eigenvalue weighted by molar-refractivity contribution is -0.139. The molecule has 1 aromatic heterocycles. The Hall–Kier alpha value is -2.21. The lowest BCUT2D eigenvalue weighted by Crippen LogP contribution is -2.33. The number of carbonyl (C=O) groups is 1. The fourth-order valence-corrected chi connectivity index (χ4v) is 1.49. The molecule has 2 N–H and O–H groups in total. The zero-order chi connectivity index (χ0) is 13.8. The lowest BCUT2D eigenvalue weighted by atomic mass is 10.2. The summed E-state index contributed by atoms with van der Waals surface area (Å²) in [6, 6.07) is 5.24. The van der Waals surface area contributed by atoms with Crippen LogP contribution in [-0.4, -0.2) is 22.1 Å². The van der Waals surface area contributed by atoms with Crippen molar-refractivity contribution in [2.75, 3.05) is 0 Å². The maximum Gasteiger partial charge on any atom is 0.320 e. The smallest absolute Gasteiger partial charge is 0.320 e. The lowest BCUT2D eigenvalue weighted by Gasteiger charge is -2.05. The van der Waals surface area contributed by atoms with Gasteiger partial charge in [-0.1, -0.05) is 6.07 Å². The number of hydrogen-bond acceptors (Lipinski definition) is 4. The van der Waals surface area contributed by atoms with Gasteiger partial charge in [-0.15, -0.1) is 0 Å². The number of halogens is 1.